The van der Waals surface area contributed by atoms with E-state index in [0.29, 0.717) is 0 Å². The van der Waals surface area contributed by atoms with E-state index in [9.17, 15) is 25.9 Å². The molecule has 0 heterocycles. The number of hydrogen-bond acceptors (Lipinski definition) is 8. The summed E-state index contributed by atoms with van der Waals surface area (Å²) in [6, 6.07) is 0. The van der Waals surface area contributed by atoms with E-state index >= 15 is 0 Å². The molecule has 0 aromatic rings. The summed E-state index contributed by atoms with van der Waals surface area (Å²) in [5, 5.41) is 0. The van der Waals surface area contributed by atoms with Crippen molar-refractivity contribution in [2.24, 2.45) is 11.8 Å². The van der Waals surface area contributed by atoms with Gasteiger partial charge in [0.05, 0.1) is 13.2 Å². The molecule has 2 unspecified atom stereocenters. The van der Waals surface area contributed by atoms with E-state index in [1.165, 1.54) is 347 Å². The van der Waals surface area contributed by atoms with Crippen LogP contribution >= 0.6 is 0 Å². The Balaban J connectivity index is -0.00000152. The first kappa shape index (κ1) is 87.7. The molecule has 0 bridgehead atoms. The molecule has 0 spiro atoms. The zero-order valence-electron chi connectivity index (χ0n) is 56.1. The normalized spacial score (nSPS) is 12.8. The standard InChI is InChI=1S/2C36H72O4S.Ca/c2*1-3-5-7-9-11-13-15-17-18-19-20-22-24-26-28-30-32-34-36(35-40-41(37,38)39)33-31-29-27-25-23-21-16-14-12-10-8-6-4-2;/h2*32,34,36H,3-31,33,35H2,1-2H3,(H,37,38,39);/q;;+2/p-2/b2*34-32+;. The minimum atomic E-state index is -4.62. The van der Waals surface area contributed by atoms with Crippen LogP contribution < -0.4 is 0 Å². The van der Waals surface area contributed by atoms with Crippen molar-refractivity contribution in [3.8, 4) is 0 Å². The second-order valence-electron chi connectivity index (χ2n) is 25.3. The Hall–Kier alpha value is 0.480. The van der Waals surface area contributed by atoms with Crippen molar-refractivity contribution in [2.45, 2.75) is 413 Å². The number of unbranched alkanes of at least 4 members (excludes halogenated alkanes) is 54. The SMILES string of the molecule is CCCCCCCCCCCCCCCCC/C=C/C(CCCCCCCCCCCCCCC)COS(=O)(=O)[O-].CCCCCCCCCCCCCCCCC/C=C/C(CCCCCCCCCCCCCCC)COS(=O)(=O)[O-].[Ca+2]. The van der Waals surface area contributed by atoms with Crippen LogP contribution in [0.3, 0.4) is 0 Å². The van der Waals surface area contributed by atoms with E-state index in [1.54, 1.807) is 0 Å². The van der Waals surface area contributed by atoms with Crippen molar-refractivity contribution >= 4 is 58.5 Å². The van der Waals surface area contributed by atoms with Gasteiger partial charge in [-0.2, -0.15) is 0 Å². The predicted octanol–water partition coefficient (Wildman–Crippen LogP) is 24.4. The minimum absolute atomic E-state index is 0. The fourth-order valence-corrected chi connectivity index (χ4v) is 12.2. The average Bonchev–Trinajstić information content (AvgIpc) is 3.45. The third-order valence-corrected chi connectivity index (χ3v) is 17.8. The van der Waals surface area contributed by atoms with Crippen LogP contribution in [0.5, 0.6) is 0 Å². The van der Waals surface area contributed by atoms with E-state index in [-0.39, 0.29) is 62.8 Å². The van der Waals surface area contributed by atoms with Crippen molar-refractivity contribution in [2.75, 3.05) is 13.2 Å². The van der Waals surface area contributed by atoms with Crippen molar-refractivity contribution in [1.82, 2.24) is 0 Å². The second-order valence-corrected chi connectivity index (χ2v) is 27.4. The van der Waals surface area contributed by atoms with Gasteiger partial charge < -0.3 is 9.11 Å². The summed E-state index contributed by atoms with van der Waals surface area (Å²) in [5.41, 5.74) is 0. The Labute approximate surface area is 550 Å². The number of allylic oxidation sites excluding steroid dienone is 2. The Morgan fingerprint density at radius 1 is 0.265 bits per heavy atom. The van der Waals surface area contributed by atoms with Gasteiger partial charge in [0.15, 0.2) is 0 Å². The first-order valence-corrected chi connectivity index (χ1v) is 39.2. The van der Waals surface area contributed by atoms with Gasteiger partial charge in [-0.3, -0.25) is 8.37 Å². The van der Waals surface area contributed by atoms with E-state index in [1.807, 2.05) is 0 Å². The van der Waals surface area contributed by atoms with Crippen LogP contribution in [0.25, 0.3) is 0 Å². The topological polar surface area (TPSA) is 133 Å². The molecule has 0 amide bonds. The van der Waals surface area contributed by atoms with Gasteiger partial charge in [0.1, 0.15) is 0 Å². The Bertz CT molecular complexity index is 1380. The maximum absolute atomic E-state index is 11.0. The number of hydrogen-bond donors (Lipinski definition) is 0. The van der Waals surface area contributed by atoms with Crippen LogP contribution in [0.4, 0.5) is 0 Å². The monoisotopic (exact) mass is 1240 g/mol. The smallest absolute Gasteiger partial charge is 0.726 e. The van der Waals surface area contributed by atoms with Crippen LogP contribution in [-0.2, 0) is 29.2 Å². The molecule has 11 heteroatoms. The Kier molecular flexibility index (Phi) is 77.3. The zero-order chi connectivity index (χ0) is 60.2. The Morgan fingerprint density at radius 2 is 0.422 bits per heavy atom. The molecule has 0 aliphatic heterocycles. The second kappa shape index (κ2) is 73.2. The molecule has 0 radical (unpaired) electrons. The summed E-state index contributed by atoms with van der Waals surface area (Å²) in [6.45, 7) is 9.07. The number of rotatable bonds is 68. The summed E-state index contributed by atoms with van der Waals surface area (Å²) in [6.07, 6.45) is 87.7. The van der Waals surface area contributed by atoms with Crippen molar-refractivity contribution in [1.29, 1.82) is 0 Å². The first-order chi connectivity index (χ1) is 40.0. The van der Waals surface area contributed by atoms with Gasteiger partial charge in [-0.15, -0.1) is 0 Å². The third-order valence-electron chi connectivity index (χ3n) is 17.0. The largest absolute Gasteiger partial charge is 2.00 e. The summed E-state index contributed by atoms with van der Waals surface area (Å²) in [4.78, 5) is 0. The summed E-state index contributed by atoms with van der Waals surface area (Å²) in [7, 11) is -9.24. The fourth-order valence-electron chi connectivity index (χ4n) is 11.5. The average molecular weight is 1240 g/mol. The first-order valence-electron chi connectivity index (χ1n) is 36.5. The van der Waals surface area contributed by atoms with Crippen molar-refractivity contribution in [3.63, 3.8) is 0 Å². The minimum Gasteiger partial charge on any atom is -0.726 e. The molecule has 0 rings (SSSR count). The van der Waals surface area contributed by atoms with E-state index < -0.39 is 20.8 Å². The maximum Gasteiger partial charge on any atom is 2.00 e. The molecule has 0 aromatic carbocycles. The van der Waals surface area contributed by atoms with Gasteiger partial charge in [-0.05, 0) is 38.5 Å². The van der Waals surface area contributed by atoms with Crippen LogP contribution in [0.15, 0.2) is 24.3 Å². The summed E-state index contributed by atoms with van der Waals surface area (Å²) >= 11 is 0. The fraction of sp³-hybridized carbons (Fsp3) is 0.944. The maximum atomic E-state index is 11.0. The molecule has 0 saturated carbocycles. The van der Waals surface area contributed by atoms with Gasteiger partial charge >= 0.3 is 37.7 Å². The molecule has 0 N–H and O–H groups in total. The predicted molar refractivity (Wildman–Crippen MR) is 362 cm³/mol. The van der Waals surface area contributed by atoms with Crippen LogP contribution in [0.2, 0.25) is 0 Å². The molecule has 0 aliphatic carbocycles. The van der Waals surface area contributed by atoms with Gasteiger partial charge in [-0.1, -0.05) is 399 Å². The molecule has 83 heavy (non-hydrogen) atoms. The van der Waals surface area contributed by atoms with E-state index in [0.717, 1.165) is 38.5 Å². The molecule has 0 fully saturated rings. The van der Waals surface area contributed by atoms with E-state index in [2.05, 4.69) is 60.4 Å². The van der Waals surface area contributed by atoms with Crippen LogP contribution in [0.1, 0.15) is 413 Å². The molecule has 2 atom stereocenters. The molecule has 0 saturated heterocycles. The molecule has 0 aromatic heterocycles. The molecule has 0 aliphatic rings. The van der Waals surface area contributed by atoms with Crippen molar-refractivity contribution in [3.05, 3.63) is 24.3 Å². The molecular weight excluding hydrogens is 1100 g/mol. The summed E-state index contributed by atoms with van der Waals surface area (Å²) in [5.74, 6) is 0.0329. The van der Waals surface area contributed by atoms with Gasteiger partial charge in [0, 0.05) is 11.8 Å². The molecular formula is C72H142CaO8S2. The van der Waals surface area contributed by atoms with Gasteiger partial charge in [0.2, 0.25) is 20.8 Å². The Morgan fingerprint density at radius 3 is 0.590 bits per heavy atom. The quantitative estimate of drug-likeness (QED) is 0.0193. The van der Waals surface area contributed by atoms with Crippen molar-refractivity contribution < 1.29 is 34.3 Å². The van der Waals surface area contributed by atoms with Gasteiger partial charge in [0.25, 0.3) is 0 Å². The zero-order valence-corrected chi connectivity index (χ0v) is 59.9. The van der Waals surface area contributed by atoms with Crippen LogP contribution in [-0.4, -0.2) is 76.9 Å². The van der Waals surface area contributed by atoms with Crippen LogP contribution in [0, 0.1) is 11.8 Å². The molecule has 8 nitrogen and oxygen atoms in total. The summed E-state index contributed by atoms with van der Waals surface area (Å²) < 4.78 is 74.9. The molecule has 492 valence electrons. The van der Waals surface area contributed by atoms with Gasteiger partial charge in [-0.25, -0.2) is 16.8 Å². The van der Waals surface area contributed by atoms with E-state index in [4.69, 9.17) is 0 Å². The third kappa shape index (κ3) is 82.5.